The van der Waals surface area contributed by atoms with E-state index in [0.717, 1.165) is 19.6 Å². The van der Waals surface area contributed by atoms with Crippen LogP contribution in [0.5, 0.6) is 0 Å². The highest BCUT2D eigenvalue weighted by atomic mass is 32.1. The second kappa shape index (κ2) is 6.66. The van der Waals surface area contributed by atoms with E-state index in [1.807, 2.05) is 16.2 Å². The zero-order chi connectivity index (χ0) is 15.6. The molecule has 2 aliphatic rings. The first-order valence-corrected chi connectivity index (χ1v) is 8.63. The Morgan fingerprint density at radius 3 is 2.91 bits per heavy atom. The standard InChI is InChI=1S/C16H24N2O3S/c1-13-3-4-15(22-13)9-17-5-8-21-16(10-17)11-18(14(2)19)6-7-20-12-16/h3-4H,5-12H2,1-2H3/t16-/m0/s1. The summed E-state index contributed by atoms with van der Waals surface area (Å²) in [6, 6.07) is 4.37. The van der Waals surface area contributed by atoms with Gasteiger partial charge in [-0.05, 0) is 19.1 Å². The minimum Gasteiger partial charge on any atom is -0.376 e. The lowest BCUT2D eigenvalue weighted by atomic mass is 10.0. The molecule has 1 aromatic heterocycles. The molecule has 1 spiro atoms. The van der Waals surface area contributed by atoms with Crippen molar-refractivity contribution in [2.75, 3.05) is 46.0 Å². The highest BCUT2D eigenvalue weighted by Crippen LogP contribution is 2.25. The van der Waals surface area contributed by atoms with Gasteiger partial charge in [-0.25, -0.2) is 0 Å². The normalized spacial score (nSPS) is 27.1. The number of morpholine rings is 1. The van der Waals surface area contributed by atoms with Crippen molar-refractivity contribution in [3.63, 3.8) is 0 Å². The van der Waals surface area contributed by atoms with Gasteiger partial charge in [-0.2, -0.15) is 0 Å². The number of nitrogens with zero attached hydrogens (tertiary/aromatic N) is 2. The average molecular weight is 324 g/mol. The lowest BCUT2D eigenvalue weighted by Crippen LogP contribution is -2.58. The van der Waals surface area contributed by atoms with Gasteiger partial charge < -0.3 is 14.4 Å². The third-order valence-electron chi connectivity index (χ3n) is 4.30. The predicted molar refractivity (Wildman–Crippen MR) is 86.1 cm³/mol. The number of aryl methyl sites for hydroxylation is 1. The van der Waals surface area contributed by atoms with Crippen LogP contribution in [-0.4, -0.2) is 67.3 Å². The summed E-state index contributed by atoms with van der Waals surface area (Å²) in [5.74, 6) is 0.0967. The molecular weight excluding hydrogens is 300 g/mol. The number of thiophene rings is 1. The molecule has 22 heavy (non-hydrogen) atoms. The van der Waals surface area contributed by atoms with Crippen molar-refractivity contribution in [3.8, 4) is 0 Å². The molecule has 3 heterocycles. The van der Waals surface area contributed by atoms with Crippen LogP contribution in [0.3, 0.4) is 0 Å². The average Bonchev–Trinajstić information content (AvgIpc) is 2.76. The van der Waals surface area contributed by atoms with Gasteiger partial charge in [0.25, 0.3) is 0 Å². The molecule has 6 heteroatoms. The molecule has 1 aromatic rings. The molecule has 0 saturated carbocycles. The maximum atomic E-state index is 11.8. The lowest BCUT2D eigenvalue weighted by molar-refractivity contribution is -0.151. The second-order valence-corrected chi connectivity index (χ2v) is 7.62. The molecule has 0 N–H and O–H groups in total. The fraction of sp³-hybridized carbons (Fsp3) is 0.688. The molecule has 0 aliphatic carbocycles. The van der Waals surface area contributed by atoms with Gasteiger partial charge in [0.1, 0.15) is 5.60 Å². The van der Waals surface area contributed by atoms with Crippen molar-refractivity contribution < 1.29 is 14.3 Å². The summed E-state index contributed by atoms with van der Waals surface area (Å²) in [6.45, 7) is 9.58. The highest BCUT2D eigenvalue weighted by molar-refractivity contribution is 7.11. The van der Waals surface area contributed by atoms with Crippen molar-refractivity contribution in [2.45, 2.75) is 26.0 Å². The number of hydrogen-bond donors (Lipinski definition) is 0. The van der Waals surface area contributed by atoms with Crippen LogP contribution >= 0.6 is 11.3 Å². The van der Waals surface area contributed by atoms with Gasteiger partial charge in [-0.1, -0.05) is 0 Å². The quantitative estimate of drug-likeness (QED) is 0.827. The van der Waals surface area contributed by atoms with Crippen LogP contribution < -0.4 is 0 Å². The van der Waals surface area contributed by atoms with Crippen LogP contribution in [0.2, 0.25) is 0 Å². The van der Waals surface area contributed by atoms with Gasteiger partial charge in [0.05, 0.1) is 26.4 Å². The van der Waals surface area contributed by atoms with Crippen molar-refractivity contribution in [2.24, 2.45) is 0 Å². The Kier molecular flexibility index (Phi) is 4.82. The van der Waals surface area contributed by atoms with E-state index in [1.54, 1.807) is 6.92 Å². The number of carbonyl (C=O) groups is 1. The molecule has 0 aromatic carbocycles. The summed E-state index contributed by atoms with van der Waals surface area (Å²) in [7, 11) is 0. The fourth-order valence-corrected chi connectivity index (χ4v) is 4.14. The van der Waals surface area contributed by atoms with Crippen LogP contribution in [-0.2, 0) is 20.8 Å². The Bertz CT molecular complexity index is 533. The molecular formula is C16H24N2O3S. The number of hydrogen-bond acceptors (Lipinski definition) is 5. The third kappa shape index (κ3) is 3.68. The molecule has 2 fully saturated rings. The monoisotopic (exact) mass is 324 g/mol. The van der Waals surface area contributed by atoms with E-state index in [0.29, 0.717) is 32.9 Å². The molecule has 2 saturated heterocycles. The number of amides is 1. The predicted octanol–water partition coefficient (Wildman–Crippen LogP) is 1.51. The lowest BCUT2D eigenvalue weighted by Gasteiger charge is -2.43. The van der Waals surface area contributed by atoms with Gasteiger partial charge in [-0.15, -0.1) is 11.3 Å². The van der Waals surface area contributed by atoms with Crippen molar-refractivity contribution in [1.82, 2.24) is 9.80 Å². The van der Waals surface area contributed by atoms with Gasteiger partial charge in [0.15, 0.2) is 0 Å². The highest BCUT2D eigenvalue weighted by Gasteiger charge is 2.40. The van der Waals surface area contributed by atoms with E-state index in [1.165, 1.54) is 9.75 Å². The van der Waals surface area contributed by atoms with Crippen molar-refractivity contribution in [1.29, 1.82) is 0 Å². The molecule has 5 nitrogen and oxygen atoms in total. The molecule has 1 atom stereocenters. The van der Waals surface area contributed by atoms with Crippen molar-refractivity contribution >= 4 is 17.2 Å². The maximum absolute atomic E-state index is 11.8. The molecule has 3 rings (SSSR count). The minimum atomic E-state index is -0.382. The minimum absolute atomic E-state index is 0.0967. The van der Waals surface area contributed by atoms with Crippen LogP contribution in [0, 0.1) is 6.92 Å². The maximum Gasteiger partial charge on any atom is 0.219 e. The topological polar surface area (TPSA) is 42.0 Å². The molecule has 0 unspecified atom stereocenters. The summed E-state index contributed by atoms with van der Waals surface area (Å²) in [5.41, 5.74) is -0.382. The summed E-state index contributed by atoms with van der Waals surface area (Å²) in [6.07, 6.45) is 0. The molecule has 0 radical (unpaired) electrons. The van der Waals surface area contributed by atoms with Gasteiger partial charge in [-0.3, -0.25) is 9.69 Å². The zero-order valence-electron chi connectivity index (χ0n) is 13.3. The summed E-state index contributed by atoms with van der Waals surface area (Å²) < 4.78 is 11.8. The number of carbonyl (C=O) groups excluding carboxylic acids is 1. The van der Waals surface area contributed by atoms with E-state index in [9.17, 15) is 4.79 Å². The zero-order valence-corrected chi connectivity index (χ0v) is 14.2. The Labute approximate surface area is 135 Å². The Morgan fingerprint density at radius 1 is 1.32 bits per heavy atom. The Morgan fingerprint density at radius 2 is 2.18 bits per heavy atom. The molecule has 0 bridgehead atoms. The Hall–Kier alpha value is -0.950. The number of rotatable bonds is 2. The van der Waals surface area contributed by atoms with Crippen LogP contribution in [0.15, 0.2) is 12.1 Å². The first kappa shape index (κ1) is 15.9. The van der Waals surface area contributed by atoms with E-state index >= 15 is 0 Å². The van der Waals surface area contributed by atoms with E-state index in [-0.39, 0.29) is 11.5 Å². The van der Waals surface area contributed by atoms with Gasteiger partial charge in [0.2, 0.25) is 5.91 Å². The summed E-state index contributed by atoms with van der Waals surface area (Å²) in [5, 5.41) is 0. The van der Waals surface area contributed by atoms with Crippen molar-refractivity contribution in [3.05, 3.63) is 21.9 Å². The largest absolute Gasteiger partial charge is 0.376 e. The third-order valence-corrected chi connectivity index (χ3v) is 5.28. The van der Waals surface area contributed by atoms with Crippen LogP contribution in [0.1, 0.15) is 16.7 Å². The number of ether oxygens (including phenoxy) is 2. The van der Waals surface area contributed by atoms with E-state index in [4.69, 9.17) is 9.47 Å². The SMILES string of the molecule is CC(=O)N1CCOC[C@]2(CN(Cc3ccc(C)s3)CCO2)C1. The smallest absolute Gasteiger partial charge is 0.219 e. The van der Waals surface area contributed by atoms with E-state index < -0.39 is 0 Å². The van der Waals surface area contributed by atoms with Gasteiger partial charge in [0, 0.05) is 42.9 Å². The first-order valence-electron chi connectivity index (χ1n) is 7.81. The summed E-state index contributed by atoms with van der Waals surface area (Å²) in [4.78, 5) is 18.8. The summed E-state index contributed by atoms with van der Waals surface area (Å²) >= 11 is 1.85. The van der Waals surface area contributed by atoms with Gasteiger partial charge >= 0.3 is 0 Å². The Balaban J connectivity index is 1.68. The first-order chi connectivity index (χ1) is 10.6. The van der Waals surface area contributed by atoms with E-state index in [2.05, 4.69) is 24.0 Å². The fourth-order valence-electron chi connectivity index (χ4n) is 3.21. The molecule has 2 aliphatic heterocycles. The van der Waals surface area contributed by atoms with Crippen LogP contribution in [0.25, 0.3) is 0 Å². The van der Waals surface area contributed by atoms with Crippen LogP contribution in [0.4, 0.5) is 0 Å². The molecule has 122 valence electrons. The second-order valence-electron chi connectivity index (χ2n) is 6.25. The molecule has 1 amide bonds.